The Morgan fingerprint density at radius 2 is 1.83 bits per heavy atom. The summed E-state index contributed by atoms with van der Waals surface area (Å²) in [6.07, 6.45) is 1.60. The van der Waals surface area contributed by atoms with Crippen molar-refractivity contribution in [1.82, 2.24) is 15.2 Å². The normalized spacial score (nSPS) is 10.7. The topological polar surface area (TPSA) is 92.3 Å². The molecule has 0 aliphatic rings. The van der Waals surface area contributed by atoms with E-state index in [1.165, 1.54) is 0 Å². The van der Waals surface area contributed by atoms with E-state index in [2.05, 4.69) is 25.7 Å². The minimum absolute atomic E-state index is 0.171. The second-order valence-corrected chi connectivity index (χ2v) is 4.86. The molecule has 0 saturated carbocycles. The number of benzene rings is 2. The van der Waals surface area contributed by atoms with Gasteiger partial charge in [0.05, 0.1) is 13.3 Å². The maximum Gasteiger partial charge on any atom is 0.279 e. The zero-order chi connectivity index (χ0) is 16.8. The van der Waals surface area contributed by atoms with Crippen LogP contribution in [0.25, 0.3) is 11.3 Å². The molecule has 24 heavy (non-hydrogen) atoms. The lowest BCUT2D eigenvalue weighted by atomic mass is 10.2. The zero-order valence-electron chi connectivity index (χ0n) is 12.9. The van der Waals surface area contributed by atoms with Crippen LogP contribution >= 0.6 is 0 Å². The smallest absolute Gasteiger partial charge is 0.279 e. The summed E-state index contributed by atoms with van der Waals surface area (Å²) in [5.74, 6) is 0.941. The molecule has 1 aromatic heterocycles. The minimum atomic E-state index is -0.335. The molecule has 0 saturated heterocycles. The standard InChI is InChI=1S/C17H15N5O2/c1-24-14-9-7-12(8-10-14)11-18-21-17-19-16(23)15(20-22-17)13-5-3-2-4-6-13/h2-11H,1H3,(H2,19,21,22,23). The average Bonchev–Trinajstić information content (AvgIpc) is 2.63. The Labute approximate surface area is 138 Å². The number of H-pyrrole nitrogens is 1. The van der Waals surface area contributed by atoms with Crippen LogP contribution < -0.4 is 15.7 Å². The number of hydrogen-bond acceptors (Lipinski definition) is 6. The number of anilines is 1. The van der Waals surface area contributed by atoms with Crippen molar-refractivity contribution >= 4 is 12.2 Å². The number of hydrazone groups is 1. The van der Waals surface area contributed by atoms with E-state index < -0.39 is 0 Å². The number of nitrogens with one attached hydrogen (secondary N) is 2. The molecule has 0 fully saturated rings. The number of aromatic nitrogens is 3. The molecule has 0 unspecified atom stereocenters. The first-order valence-electron chi connectivity index (χ1n) is 7.22. The van der Waals surface area contributed by atoms with Crippen LogP contribution in [0.1, 0.15) is 5.56 Å². The first-order valence-corrected chi connectivity index (χ1v) is 7.22. The third kappa shape index (κ3) is 3.64. The number of hydrogen-bond donors (Lipinski definition) is 2. The summed E-state index contributed by atoms with van der Waals surface area (Å²) in [4.78, 5) is 14.7. The second kappa shape index (κ2) is 7.19. The van der Waals surface area contributed by atoms with Crippen molar-refractivity contribution in [3.05, 3.63) is 70.5 Å². The van der Waals surface area contributed by atoms with E-state index >= 15 is 0 Å². The molecule has 7 heteroatoms. The number of methoxy groups -OCH3 is 1. The van der Waals surface area contributed by atoms with Crippen molar-refractivity contribution in [3.8, 4) is 17.0 Å². The summed E-state index contributed by atoms with van der Waals surface area (Å²) >= 11 is 0. The van der Waals surface area contributed by atoms with Gasteiger partial charge in [-0.3, -0.25) is 9.78 Å². The van der Waals surface area contributed by atoms with Gasteiger partial charge in [0, 0.05) is 5.56 Å². The summed E-state index contributed by atoms with van der Waals surface area (Å²) in [6.45, 7) is 0. The highest BCUT2D eigenvalue weighted by Crippen LogP contribution is 2.11. The molecule has 120 valence electrons. The highest BCUT2D eigenvalue weighted by atomic mass is 16.5. The van der Waals surface area contributed by atoms with E-state index in [0.29, 0.717) is 5.56 Å². The predicted octanol–water partition coefficient (Wildman–Crippen LogP) is 2.29. The Kier molecular flexibility index (Phi) is 4.62. The van der Waals surface area contributed by atoms with E-state index in [1.54, 1.807) is 25.5 Å². The number of aromatic amines is 1. The molecule has 2 N–H and O–H groups in total. The first-order chi connectivity index (χ1) is 11.8. The van der Waals surface area contributed by atoms with E-state index in [9.17, 15) is 4.79 Å². The van der Waals surface area contributed by atoms with Crippen LogP contribution in [-0.4, -0.2) is 28.5 Å². The predicted molar refractivity (Wildman–Crippen MR) is 92.3 cm³/mol. The molecule has 0 radical (unpaired) electrons. The van der Waals surface area contributed by atoms with Crippen molar-refractivity contribution in [3.63, 3.8) is 0 Å². The number of rotatable bonds is 5. The highest BCUT2D eigenvalue weighted by Gasteiger charge is 2.06. The van der Waals surface area contributed by atoms with Gasteiger partial charge in [0.1, 0.15) is 5.75 Å². The van der Waals surface area contributed by atoms with Crippen LogP contribution in [0, 0.1) is 0 Å². The monoisotopic (exact) mass is 321 g/mol. The summed E-state index contributed by atoms with van der Waals surface area (Å²) in [6, 6.07) is 16.5. The van der Waals surface area contributed by atoms with Crippen LogP contribution in [0.4, 0.5) is 5.95 Å². The fraction of sp³-hybridized carbons (Fsp3) is 0.0588. The molecule has 0 amide bonds. The fourth-order valence-electron chi connectivity index (χ4n) is 2.03. The molecule has 0 aliphatic heterocycles. The third-order valence-electron chi connectivity index (χ3n) is 3.24. The lowest BCUT2D eigenvalue weighted by Gasteiger charge is -2.01. The summed E-state index contributed by atoms with van der Waals surface area (Å²) < 4.78 is 5.09. The Morgan fingerprint density at radius 3 is 2.50 bits per heavy atom. The van der Waals surface area contributed by atoms with Gasteiger partial charge >= 0.3 is 0 Å². The maximum absolute atomic E-state index is 12.1. The maximum atomic E-state index is 12.1. The SMILES string of the molecule is COc1ccc(C=NNc2nnc(-c3ccccc3)c(=O)[nH]2)cc1. The molecule has 7 nitrogen and oxygen atoms in total. The van der Waals surface area contributed by atoms with Crippen LogP contribution in [0.15, 0.2) is 64.5 Å². The van der Waals surface area contributed by atoms with Crippen molar-refractivity contribution in [2.24, 2.45) is 5.10 Å². The van der Waals surface area contributed by atoms with Crippen molar-refractivity contribution in [2.75, 3.05) is 12.5 Å². The van der Waals surface area contributed by atoms with E-state index in [1.807, 2.05) is 42.5 Å². The Hall–Kier alpha value is -3.48. The highest BCUT2D eigenvalue weighted by molar-refractivity contribution is 5.80. The zero-order valence-corrected chi connectivity index (χ0v) is 12.9. The number of ether oxygens (including phenoxy) is 1. The summed E-state index contributed by atoms with van der Waals surface area (Å²) in [7, 11) is 1.61. The van der Waals surface area contributed by atoms with E-state index in [4.69, 9.17) is 4.74 Å². The van der Waals surface area contributed by atoms with Gasteiger partial charge < -0.3 is 4.74 Å². The Bertz CT molecular complexity index is 889. The van der Waals surface area contributed by atoms with Gasteiger partial charge in [-0.05, 0) is 29.8 Å². The van der Waals surface area contributed by atoms with Gasteiger partial charge in [-0.25, -0.2) is 5.43 Å². The molecular weight excluding hydrogens is 306 g/mol. The van der Waals surface area contributed by atoms with Crippen molar-refractivity contribution in [2.45, 2.75) is 0 Å². The lowest BCUT2D eigenvalue weighted by Crippen LogP contribution is -2.15. The van der Waals surface area contributed by atoms with Gasteiger partial charge in [0.2, 0.25) is 5.95 Å². The molecule has 0 aliphatic carbocycles. The van der Waals surface area contributed by atoms with Gasteiger partial charge in [0.15, 0.2) is 5.69 Å². The first kappa shape index (κ1) is 15.4. The summed E-state index contributed by atoms with van der Waals surface area (Å²) in [5.41, 5.74) is 4.16. The van der Waals surface area contributed by atoms with Crippen LogP contribution in [-0.2, 0) is 0 Å². The quantitative estimate of drug-likeness (QED) is 0.555. The van der Waals surface area contributed by atoms with Gasteiger partial charge in [-0.2, -0.15) is 5.10 Å². The molecular formula is C17H15N5O2. The molecule has 0 bridgehead atoms. The average molecular weight is 321 g/mol. The third-order valence-corrected chi connectivity index (χ3v) is 3.24. The van der Waals surface area contributed by atoms with Crippen LogP contribution in [0.5, 0.6) is 5.75 Å². The largest absolute Gasteiger partial charge is 0.497 e. The van der Waals surface area contributed by atoms with E-state index in [-0.39, 0.29) is 17.2 Å². The summed E-state index contributed by atoms with van der Waals surface area (Å²) in [5, 5.41) is 11.9. The Balaban J connectivity index is 1.70. The lowest BCUT2D eigenvalue weighted by molar-refractivity contribution is 0.415. The second-order valence-electron chi connectivity index (χ2n) is 4.86. The molecule has 3 aromatic rings. The van der Waals surface area contributed by atoms with Crippen molar-refractivity contribution < 1.29 is 4.74 Å². The molecule has 2 aromatic carbocycles. The van der Waals surface area contributed by atoms with Gasteiger partial charge in [-0.1, -0.05) is 30.3 Å². The Morgan fingerprint density at radius 1 is 1.08 bits per heavy atom. The minimum Gasteiger partial charge on any atom is -0.497 e. The fourth-order valence-corrected chi connectivity index (χ4v) is 2.03. The van der Waals surface area contributed by atoms with E-state index in [0.717, 1.165) is 11.3 Å². The molecule has 1 heterocycles. The van der Waals surface area contributed by atoms with Crippen molar-refractivity contribution in [1.29, 1.82) is 0 Å². The van der Waals surface area contributed by atoms with Gasteiger partial charge in [0.25, 0.3) is 5.56 Å². The van der Waals surface area contributed by atoms with Crippen LogP contribution in [0.2, 0.25) is 0 Å². The molecule has 3 rings (SSSR count). The van der Waals surface area contributed by atoms with Crippen LogP contribution in [0.3, 0.4) is 0 Å². The van der Waals surface area contributed by atoms with Gasteiger partial charge in [-0.15, -0.1) is 10.2 Å². The molecule has 0 atom stereocenters. The molecule has 0 spiro atoms. The number of nitrogens with zero attached hydrogens (tertiary/aromatic N) is 3.